The molecule has 0 saturated carbocycles. The van der Waals surface area contributed by atoms with Crippen LogP contribution in [0.4, 0.5) is 5.82 Å². The van der Waals surface area contributed by atoms with Gasteiger partial charge in [-0.2, -0.15) is 0 Å². The Morgan fingerprint density at radius 1 is 1.28 bits per heavy atom. The molecule has 2 N–H and O–H groups in total. The predicted octanol–water partition coefficient (Wildman–Crippen LogP) is -0.341. The molecule has 2 aliphatic heterocycles. The van der Waals surface area contributed by atoms with Crippen molar-refractivity contribution in [2.75, 3.05) is 50.8 Å². The number of amides is 1. The van der Waals surface area contributed by atoms with Gasteiger partial charge in [-0.25, -0.2) is 9.97 Å². The lowest BCUT2D eigenvalue weighted by atomic mass is 10.2. The molecule has 4 heterocycles. The molecule has 0 unspecified atom stereocenters. The number of fused-ring (bicyclic) bond motifs is 1. The number of hydrogen-bond acceptors (Lipinski definition) is 6. The fourth-order valence-corrected chi connectivity index (χ4v) is 4.50. The van der Waals surface area contributed by atoms with Crippen LogP contribution in [0.3, 0.4) is 0 Å². The number of anilines is 1. The van der Waals surface area contributed by atoms with Gasteiger partial charge in [0.2, 0.25) is 5.91 Å². The first kappa shape index (κ1) is 16.7. The smallest absolute Gasteiger partial charge is 0.239 e. The third kappa shape index (κ3) is 3.33. The second-order valence-electron chi connectivity index (χ2n) is 6.74. The standard InChI is InChI=1S/C17H23N5O2S/c1-11-12(2)25-17-15(11)16(22-4-3-18-14(23)10-22)19-13(20-17)9-21-5-7-24-8-6-21/h3-10H2,1-2H3,(H,18,23)/p+1. The Morgan fingerprint density at radius 2 is 2.08 bits per heavy atom. The van der Waals surface area contributed by atoms with Gasteiger partial charge in [-0.05, 0) is 19.4 Å². The number of carbonyl (C=O) groups is 1. The van der Waals surface area contributed by atoms with E-state index >= 15 is 0 Å². The molecule has 0 radical (unpaired) electrons. The van der Waals surface area contributed by atoms with Crippen molar-refractivity contribution in [3.63, 3.8) is 0 Å². The first-order chi connectivity index (χ1) is 12.1. The molecule has 134 valence electrons. The van der Waals surface area contributed by atoms with E-state index in [1.54, 1.807) is 11.3 Å². The molecule has 0 aromatic carbocycles. The molecule has 2 fully saturated rings. The molecular weight excluding hydrogens is 338 g/mol. The molecule has 0 spiro atoms. The summed E-state index contributed by atoms with van der Waals surface area (Å²) in [5.41, 5.74) is 1.23. The number of carbonyl (C=O) groups excluding carboxylic acids is 1. The number of aromatic nitrogens is 2. The van der Waals surface area contributed by atoms with Crippen molar-refractivity contribution in [3.05, 3.63) is 16.3 Å². The topological polar surface area (TPSA) is 71.8 Å². The van der Waals surface area contributed by atoms with Crippen LogP contribution in [0.1, 0.15) is 16.3 Å². The minimum absolute atomic E-state index is 0.0583. The van der Waals surface area contributed by atoms with E-state index < -0.39 is 0 Å². The lowest BCUT2D eigenvalue weighted by Crippen LogP contribution is -3.12. The van der Waals surface area contributed by atoms with E-state index in [9.17, 15) is 4.79 Å². The Kier molecular flexibility index (Phi) is 4.58. The molecular formula is C17H24N5O2S+. The van der Waals surface area contributed by atoms with Crippen molar-refractivity contribution in [1.29, 1.82) is 0 Å². The summed E-state index contributed by atoms with van der Waals surface area (Å²) in [4.78, 5) is 27.5. The first-order valence-corrected chi connectivity index (χ1v) is 9.63. The average molecular weight is 362 g/mol. The summed E-state index contributed by atoms with van der Waals surface area (Å²) in [6.45, 7) is 10.5. The third-order valence-corrected chi connectivity index (χ3v) is 6.10. The van der Waals surface area contributed by atoms with Crippen molar-refractivity contribution in [2.24, 2.45) is 0 Å². The van der Waals surface area contributed by atoms with E-state index in [0.717, 1.165) is 61.3 Å². The number of quaternary nitrogens is 1. The number of ether oxygens (including phenoxy) is 1. The highest BCUT2D eigenvalue weighted by molar-refractivity contribution is 7.18. The summed E-state index contributed by atoms with van der Waals surface area (Å²) in [5, 5.41) is 4.00. The van der Waals surface area contributed by atoms with Gasteiger partial charge in [-0.15, -0.1) is 11.3 Å². The Balaban J connectivity index is 1.73. The summed E-state index contributed by atoms with van der Waals surface area (Å²) in [5.74, 6) is 1.85. The van der Waals surface area contributed by atoms with Crippen LogP contribution in [0.5, 0.6) is 0 Å². The molecule has 25 heavy (non-hydrogen) atoms. The van der Waals surface area contributed by atoms with Crippen LogP contribution in [-0.4, -0.2) is 61.8 Å². The number of aryl methyl sites for hydroxylation is 2. The fourth-order valence-electron chi connectivity index (χ4n) is 3.46. The zero-order valence-corrected chi connectivity index (χ0v) is 15.5. The Morgan fingerprint density at radius 3 is 2.84 bits per heavy atom. The van der Waals surface area contributed by atoms with Crippen molar-refractivity contribution < 1.29 is 14.4 Å². The van der Waals surface area contributed by atoms with Crippen molar-refractivity contribution >= 4 is 33.3 Å². The molecule has 8 heteroatoms. The highest BCUT2D eigenvalue weighted by Gasteiger charge is 2.25. The zero-order chi connectivity index (χ0) is 17.4. The van der Waals surface area contributed by atoms with E-state index in [1.807, 2.05) is 0 Å². The quantitative estimate of drug-likeness (QED) is 0.782. The van der Waals surface area contributed by atoms with Crippen LogP contribution in [0, 0.1) is 13.8 Å². The first-order valence-electron chi connectivity index (χ1n) is 8.81. The number of morpholine rings is 1. The van der Waals surface area contributed by atoms with E-state index in [0.29, 0.717) is 13.1 Å². The van der Waals surface area contributed by atoms with E-state index in [2.05, 4.69) is 24.1 Å². The molecule has 0 aliphatic carbocycles. The number of rotatable bonds is 3. The summed E-state index contributed by atoms with van der Waals surface area (Å²) < 4.78 is 5.45. The van der Waals surface area contributed by atoms with E-state index in [4.69, 9.17) is 14.7 Å². The van der Waals surface area contributed by atoms with E-state index in [1.165, 1.54) is 15.3 Å². The lowest BCUT2D eigenvalue weighted by Gasteiger charge is -2.29. The third-order valence-electron chi connectivity index (χ3n) is 5.00. The van der Waals surface area contributed by atoms with Gasteiger partial charge in [0, 0.05) is 18.0 Å². The monoisotopic (exact) mass is 362 g/mol. The molecule has 2 aliphatic rings. The fraction of sp³-hybridized carbons (Fsp3) is 0.588. The highest BCUT2D eigenvalue weighted by Crippen LogP contribution is 2.35. The van der Waals surface area contributed by atoms with Crippen LogP contribution in [0.25, 0.3) is 10.2 Å². The van der Waals surface area contributed by atoms with Crippen molar-refractivity contribution in [1.82, 2.24) is 15.3 Å². The van der Waals surface area contributed by atoms with Crippen LogP contribution in [-0.2, 0) is 16.1 Å². The number of piperazine rings is 1. The molecule has 2 saturated heterocycles. The average Bonchev–Trinajstić information content (AvgIpc) is 2.89. The normalized spacial score (nSPS) is 19.4. The number of hydrogen-bond donors (Lipinski definition) is 2. The van der Waals surface area contributed by atoms with Gasteiger partial charge in [0.25, 0.3) is 0 Å². The Bertz CT molecular complexity index is 800. The van der Waals surface area contributed by atoms with Crippen LogP contribution in [0.15, 0.2) is 0 Å². The molecule has 2 aromatic rings. The molecule has 0 bridgehead atoms. The molecule has 2 aromatic heterocycles. The SMILES string of the molecule is Cc1sc2nc(C[NH+]3CCOCC3)nc(N3CCNC(=O)C3)c2c1C. The number of thiophene rings is 1. The second-order valence-corrected chi connectivity index (χ2v) is 7.94. The highest BCUT2D eigenvalue weighted by atomic mass is 32.1. The maximum Gasteiger partial charge on any atom is 0.239 e. The van der Waals surface area contributed by atoms with Crippen molar-refractivity contribution in [2.45, 2.75) is 20.4 Å². The zero-order valence-electron chi connectivity index (χ0n) is 14.7. The minimum Gasteiger partial charge on any atom is -0.370 e. The minimum atomic E-state index is 0.0583. The van der Waals surface area contributed by atoms with Gasteiger partial charge in [-0.3, -0.25) is 4.79 Å². The van der Waals surface area contributed by atoms with Gasteiger partial charge in [0.15, 0.2) is 5.82 Å². The Labute approximate surface area is 151 Å². The van der Waals surface area contributed by atoms with Gasteiger partial charge in [0.1, 0.15) is 30.3 Å². The molecule has 4 rings (SSSR count). The van der Waals surface area contributed by atoms with E-state index in [-0.39, 0.29) is 5.91 Å². The molecule has 0 atom stereocenters. The molecule has 1 amide bonds. The van der Waals surface area contributed by atoms with Gasteiger partial charge >= 0.3 is 0 Å². The van der Waals surface area contributed by atoms with Gasteiger partial charge < -0.3 is 19.9 Å². The largest absolute Gasteiger partial charge is 0.370 e. The van der Waals surface area contributed by atoms with Gasteiger partial charge in [0.05, 0.1) is 25.1 Å². The van der Waals surface area contributed by atoms with Gasteiger partial charge in [-0.1, -0.05) is 0 Å². The van der Waals surface area contributed by atoms with Crippen LogP contribution >= 0.6 is 11.3 Å². The number of nitrogens with zero attached hydrogens (tertiary/aromatic N) is 3. The summed E-state index contributed by atoms with van der Waals surface area (Å²) in [6.07, 6.45) is 0. The second kappa shape index (κ2) is 6.86. The van der Waals surface area contributed by atoms with Crippen LogP contribution in [0.2, 0.25) is 0 Å². The predicted molar refractivity (Wildman–Crippen MR) is 97.3 cm³/mol. The van der Waals surface area contributed by atoms with Crippen LogP contribution < -0.4 is 15.1 Å². The lowest BCUT2D eigenvalue weighted by molar-refractivity contribution is -0.922. The maximum atomic E-state index is 11.9. The molecule has 7 nitrogen and oxygen atoms in total. The van der Waals surface area contributed by atoms with Crippen molar-refractivity contribution in [3.8, 4) is 0 Å². The Hall–Kier alpha value is -1.77. The summed E-state index contributed by atoms with van der Waals surface area (Å²) >= 11 is 1.72. The summed E-state index contributed by atoms with van der Waals surface area (Å²) in [6, 6.07) is 0. The summed E-state index contributed by atoms with van der Waals surface area (Å²) in [7, 11) is 0. The number of nitrogens with one attached hydrogen (secondary N) is 2. The maximum absolute atomic E-state index is 11.9.